The van der Waals surface area contributed by atoms with E-state index < -0.39 is 11.8 Å². The van der Waals surface area contributed by atoms with Gasteiger partial charge in [-0.1, -0.05) is 19.1 Å². The first kappa shape index (κ1) is 10.2. The molecule has 2 rings (SSSR count). The zero-order chi connectivity index (χ0) is 11.0. The molecule has 1 atom stereocenters. The monoisotopic (exact) mass is 222 g/mol. The number of thioether (sulfide) groups is 1. The minimum atomic E-state index is -1.40. The molecule has 1 aromatic carbocycles. The molecule has 0 fully saturated rings. The third kappa shape index (κ3) is 1.90. The summed E-state index contributed by atoms with van der Waals surface area (Å²) in [5, 5.41) is 9.09. The van der Waals surface area contributed by atoms with Crippen LogP contribution in [0.25, 0.3) is 0 Å². The van der Waals surface area contributed by atoms with Crippen LogP contribution >= 0.6 is 11.8 Å². The second-order valence-electron chi connectivity index (χ2n) is 3.59. The van der Waals surface area contributed by atoms with Crippen LogP contribution in [0.3, 0.4) is 0 Å². The highest BCUT2D eigenvalue weighted by molar-refractivity contribution is 8.00. The summed E-state index contributed by atoms with van der Waals surface area (Å²) in [5.41, 5.74) is 1.47. The fraction of sp³-hybridized carbons (Fsp3) is 0.273. The average molecular weight is 222 g/mol. The third-order valence-electron chi connectivity index (χ3n) is 2.36. The predicted octanol–water partition coefficient (Wildman–Crippen LogP) is 1.99. The fourth-order valence-electron chi connectivity index (χ4n) is 1.67. The second-order valence-corrected chi connectivity index (χ2v) is 5.07. The lowest BCUT2D eigenvalue weighted by Crippen LogP contribution is -2.12. The number of carboxylic acid groups (broad SMARTS) is 1. The minimum Gasteiger partial charge on any atom is -0.475 e. The summed E-state index contributed by atoms with van der Waals surface area (Å²) in [6.07, 6.45) is 0.988. The lowest BCUT2D eigenvalue weighted by molar-refractivity contribution is -0.131. The van der Waals surface area contributed by atoms with Gasteiger partial charge in [0.1, 0.15) is 0 Å². The number of aliphatic carboxylic acids is 1. The van der Waals surface area contributed by atoms with E-state index in [0.29, 0.717) is 5.25 Å². The molecule has 1 aliphatic rings. The predicted molar refractivity (Wildman–Crippen MR) is 57.4 cm³/mol. The van der Waals surface area contributed by atoms with E-state index in [1.807, 2.05) is 6.07 Å². The summed E-state index contributed by atoms with van der Waals surface area (Å²) in [6, 6.07) is 5.12. The van der Waals surface area contributed by atoms with E-state index in [4.69, 9.17) is 5.11 Å². The molecule has 0 saturated heterocycles. The molecular weight excluding hydrogens is 212 g/mol. The van der Waals surface area contributed by atoms with Gasteiger partial charge >= 0.3 is 5.97 Å². The second kappa shape index (κ2) is 3.70. The minimum absolute atomic E-state index is 0.267. The van der Waals surface area contributed by atoms with Crippen LogP contribution in [0.2, 0.25) is 0 Å². The first-order valence-electron chi connectivity index (χ1n) is 4.65. The van der Waals surface area contributed by atoms with Gasteiger partial charge in [0.25, 0.3) is 5.78 Å². The van der Waals surface area contributed by atoms with Gasteiger partial charge in [-0.25, -0.2) is 4.79 Å². The largest absolute Gasteiger partial charge is 0.475 e. The van der Waals surface area contributed by atoms with Gasteiger partial charge in [0.05, 0.1) is 0 Å². The first-order chi connectivity index (χ1) is 7.08. The van der Waals surface area contributed by atoms with Crippen LogP contribution in [0.1, 0.15) is 22.8 Å². The molecule has 0 amide bonds. The number of rotatable bonds is 2. The maximum absolute atomic E-state index is 11.2. The highest BCUT2D eigenvalue weighted by atomic mass is 32.2. The Morgan fingerprint density at radius 2 is 2.20 bits per heavy atom. The Kier molecular flexibility index (Phi) is 2.52. The number of carboxylic acids is 1. The van der Waals surface area contributed by atoms with Gasteiger partial charge in [-0.05, 0) is 18.1 Å². The molecule has 0 aromatic heterocycles. The van der Waals surface area contributed by atoms with Gasteiger partial charge in [0.2, 0.25) is 0 Å². The molecule has 1 aliphatic heterocycles. The maximum atomic E-state index is 11.2. The molecule has 4 heteroatoms. The third-order valence-corrected chi connectivity index (χ3v) is 3.56. The molecule has 0 aliphatic carbocycles. The van der Waals surface area contributed by atoms with E-state index in [-0.39, 0.29) is 5.56 Å². The molecule has 3 nitrogen and oxygen atoms in total. The van der Waals surface area contributed by atoms with Crippen LogP contribution in [0.4, 0.5) is 0 Å². The number of fused-ring (bicyclic) bond motifs is 1. The normalized spacial score (nSPS) is 18.6. The molecule has 0 radical (unpaired) electrons. The quantitative estimate of drug-likeness (QED) is 0.614. The van der Waals surface area contributed by atoms with Gasteiger partial charge in [-0.2, -0.15) is 0 Å². The summed E-state index contributed by atoms with van der Waals surface area (Å²) < 4.78 is 0. The van der Waals surface area contributed by atoms with Crippen LogP contribution in [-0.2, 0) is 11.2 Å². The Bertz CT molecular complexity index is 439. The van der Waals surface area contributed by atoms with Gasteiger partial charge in [-0.3, -0.25) is 4.79 Å². The number of benzene rings is 1. The fourth-order valence-corrected chi connectivity index (χ4v) is 2.86. The number of Topliss-reactive ketones (excluding diaryl/α,β-unsaturated/α-hetero) is 1. The van der Waals surface area contributed by atoms with E-state index in [9.17, 15) is 9.59 Å². The van der Waals surface area contributed by atoms with Gasteiger partial charge in [0.15, 0.2) is 0 Å². The van der Waals surface area contributed by atoms with Crippen molar-refractivity contribution in [3.63, 3.8) is 0 Å². The smallest absolute Gasteiger partial charge is 0.377 e. The summed E-state index contributed by atoms with van der Waals surface area (Å²) in [4.78, 5) is 22.8. The molecule has 0 saturated carbocycles. The Labute approximate surface area is 91.5 Å². The zero-order valence-electron chi connectivity index (χ0n) is 8.19. The van der Waals surface area contributed by atoms with E-state index in [1.54, 1.807) is 23.9 Å². The summed E-state index contributed by atoms with van der Waals surface area (Å²) in [5.74, 6) is -2.23. The van der Waals surface area contributed by atoms with E-state index in [2.05, 4.69) is 6.92 Å². The van der Waals surface area contributed by atoms with Gasteiger partial charge < -0.3 is 5.11 Å². The molecule has 1 unspecified atom stereocenters. The molecule has 1 heterocycles. The zero-order valence-corrected chi connectivity index (χ0v) is 9.00. The average Bonchev–Trinajstić information content (AvgIpc) is 2.55. The SMILES string of the molecule is CC1Cc2ccc(C(=O)C(=O)O)cc2S1. The van der Waals surface area contributed by atoms with Gasteiger partial charge in [-0.15, -0.1) is 11.8 Å². The molecule has 0 bridgehead atoms. The molecule has 78 valence electrons. The molecule has 1 N–H and O–H groups in total. The van der Waals surface area contributed by atoms with Gasteiger partial charge in [0, 0.05) is 15.7 Å². The van der Waals surface area contributed by atoms with Crippen molar-refractivity contribution in [1.29, 1.82) is 0 Å². The van der Waals surface area contributed by atoms with Crippen molar-refractivity contribution < 1.29 is 14.7 Å². The maximum Gasteiger partial charge on any atom is 0.377 e. The van der Waals surface area contributed by atoms with Crippen molar-refractivity contribution in [2.45, 2.75) is 23.5 Å². The van der Waals surface area contributed by atoms with Crippen molar-refractivity contribution in [2.24, 2.45) is 0 Å². The van der Waals surface area contributed by atoms with E-state index in [1.165, 1.54) is 5.56 Å². The summed E-state index contributed by atoms with van der Waals surface area (Å²) in [7, 11) is 0. The highest BCUT2D eigenvalue weighted by Gasteiger charge is 2.21. The molecule has 1 aromatic rings. The number of ketones is 1. The van der Waals surface area contributed by atoms with Crippen molar-refractivity contribution in [1.82, 2.24) is 0 Å². The Morgan fingerprint density at radius 3 is 2.87 bits per heavy atom. The van der Waals surface area contributed by atoms with Crippen molar-refractivity contribution in [2.75, 3.05) is 0 Å². The summed E-state index contributed by atoms with van der Waals surface area (Å²) >= 11 is 1.69. The number of hydrogen-bond acceptors (Lipinski definition) is 3. The van der Waals surface area contributed by atoms with E-state index in [0.717, 1.165) is 11.3 Å². The Balaban J connectivity index is 2.35. The van der Waals surface area contributed by atoms with Crippen LogP contribution in [0.5, 0.6) is 0 Å². The summed E-state index contributed by atoms with van der Waals surface area (Å²) in [6.45, 7) is 2.11. The molecule has 0 spiro atoms. The van der Waals surface area contributed by atoms with Crippen LogP contribution in [0.15, 0.2) is 23.1 Å². The van der Waals surface area contributed by atoms with Crippen molar-refractivity contribution in [3.8, 4) is 0 Å². The molecular formula is C11H10O3S. The van der Waals surface area contributed by atoms with Crippen LogP contribution < -0.4 is 0 Å². The number of hydrogen-bond donors (Lipinski definition) is 1. The lowest BCUT2D eigenvalue weighted by Gasteiger charge is -2.00. The lowest BCUT2D eigenvalue weighted by atomic mass is 10.1. The van der Waals surface area contributed by atoms with Crippen molar-refractivity contribution in [3.05, 3.63) is 29.3 Å². The Hall–Kier alpha value is -1.29. The topological polar surface area (TPSA) is 54.4 Å². The number of carbonyl (C=O) groups excluding carboxylic acids is 1. The first-order valence-corrected chi connectivity index (χ1v) is 5.53. The number of carbonyl (C=O) groups is 2. The van der Waals surface area contributed by atoms with Crippen LogP contribution in [-0.4, -0.2) is 22.1 Å². The molecule has 15 heavy (non-hydrogen) atoms. The van der Waals surface area contributed by atoms with E-state index >= 15 is 0 Å². The Morgan fingerprint density at radius 1 is 1.47 bits per heavy atom. The standard InChI is InChI=1S/C11H10O3S/c1-6-4-7-2-3-8(5-9(7)15-6)10(12)11(13)14/h2-3,5-6H,4H2,1H3,(H,13,14). The van der Waals surface area contributed by atoms with Crippen molar-refractivity contribution >= 4 is 23.5 Å². The highest BCUT2D eigenvalue weighted by Crippen LogP contribution is 2.37. The van der Waals surface area contributed by atoms with Crippen LogP contribution in [0, 0.1) is 0 Å².